The summed E-state index contributed by atoms with van der Waals surface area (Å²) in [7, 11) is 0. The number of nitro benzene ring substituents is 1. The van der Waals surface area contributed by atoms with Gasteiger partial charge in [-0.1, -0.05) is 18.2 Å². The van der Waals surface area contributed by atoms with Crippen molar-refractivity contribution in [1.82, 2.24) is 19.6 Å². The molecule has 0 spiro atoms. The van der Waals surface area contributed by atoms with Gasteiger partial charge in [0.25, 0.3) is 11.2 Å². The zero-order valence-electron chi connectivity index (χ0n) is 16.8. The van der Waals surface area contributed by atoms with Gasteiger partial charge >= 0.3 is 0 Å². The minimum atomic E-state index is -0.489. The third-order valence-corrected chi connectivity index (χ3v) is 4.75. The number of carbonyl (C=O) groups is 1. The Bertz CT molecular complexity index is 1370. The molecule has 10 heteroatoms. The number of hydrogen-bond donors (Lipinski definition) is 1. The summed E-state index contributed by atoms with van der Waals surface area (Å²) in [5, 5.41) is 23.4. The average molecular weight is 418 g/mol. The highest BCUT2D eigenvalue weighted by Gasteiger charge is 2.15. The molecule has 0 fully saturated rings. The van der Waals surface area contributed by atoms with Gasteiger partial charge in [-0.25, -0.2) is 9.36 Å². The molecule has 2 aromatic carbocycles. The first kappa shape index (κ1) is 20.0. The summed E-state index contributed by atoms with van der Waals surface area (Å²) in [6.45, 7) is 3.27. The second-order valence-electron chi connectivity index (χ2n) is 7.00. The number of amides is 1. The fraction of sp³-hybridized carbons (Fsp3) is 0.143. The predicted molar refractivity (Wildman–Crippen MR) is 114 cm³/mol. The molecule has 1 N–H and O–H groups in total. The van der Waals surface area contributed by atoms with Crippen LogP contribution in [0, 0.1) is 24.0 Å². The van der Waals surface area contributed by atoms with Crippen LogP contribution in [0.4, 0.5) is 11.5 Å². The molecule has 31 heavy (non-hydrogen) atoms. The zero-order valence-corrected chi connectivity index (χ0v) is 16.8. The van der Waals surface area contributed by atoms with E-state index < -0.39 is 10.8 Å². The van der Waals surface area contributed by atoms with E-state index in [1.165, 1.54) is 16.8 Å². The number of rotatable bonds is 5. The number of fused-ring (bicyclic) bond motifs is 1. The van der Waals surface area contributed by atoms with Gasteiger partial charge in [-0.15, -0.1) is 0 Å². The van der Waals surface area contributed by atoms with E-state index in [9.17, 15) is 19.7 Å². The van der Waals surface area contributed by atoms with Crippen molar-refractivity contribution >= 4 is 28.2 Å². The topological polar surface area (TPSA) is 125 Å². The van der Waals surface area contributed by atoms with Crippen molar-refractivity contribution in [2.45, 2.75) is 20.4 Å². The molecule has 2 heterocycles. The molecule has 0 bridgehead atoms. The maximum Gasteiger partial charge on any atom is 0.275 e. The third kappa shape index (κ3) is 3.90. The number of aromatic nitrogens is 4. The molecule has 0 saturated carbocycles. The highest BCUT2D eigenvalue weighted by atomic mass is 16.6. The fourth-order valence-corrected chi connectivity index (χ4v) is 3.33. The summed E-state index contributed by atoms with van der Waals surface area (Å²) < 4.78 is 2.60. The second-order valence-corrected chi connectivity index (χ2v) is 7.00. The standard InChI is InChI=1S/C21H18N6O4/c1-13-11-19(26(23-13)15-7-9-16(10-8-15)27(30)31)22-20(28)12-25-21(29)18-6-4-3-5-17(18)14(2)24-25/h3-11H,12H2,1-2H3,(H,22,28). The monoisotopic (exact) mass is 418 g/mol. The first-order valence-corrected chi connectivity index (χ1v) is 9.41. The molecule has 0 aliphatic carbocycles. The molecular formula is C21H18N6O4. The van der Waals surface area contributed by atoms with Crippen molar-refractivity contribution in [3.63, 3.8) is 0 Å². The second kappa shape index (κ2) is 7.82. The van der Waals surface area contributed by atoms with Crippen molar-refractivity contribution in [3.05, 3.63) is 86.5 Å². The highest BCUT2D eigenvalue weighted by molar-refractivity contribution is 5.90. The Morgan fingerprint density at radius 1 is 1.06 bits per heavy atom. The van der Waals surface area contributed by atoms with Crippen LogP contribution in [0.2, 0.25) is 0 Å². The normalized spacial score (nSPS) is 10.9. The number of nitrogens with one attached hydrogen (secondary N) is 1. The maximum absolute atomic E-state index is 12.7. The first-order valence-electron chi connectivity index (χ1n) is 9.41. The Hall–Kier alpha value is -4.34. The van der Waals surface area contributed by atoms with Crippen molar-refractivity contribution < 1.29 is 9.72 Å². The molecule has 4 aromatic rings. The Morgan fingerprint density at radius 2 is 1.74 bits per heavy atom. The van der Waals surface area contributed by atoms with Gasteiger partial charge < -0.3 is 5.32 Å². The number of benzene rings is 2. The van der Waals surface area contributed by atoms with Gasteiger partial charge in [0.1, 0.15) is 12.4 Å². The predicted octanol–water partition coefficient (Wildman–Crippen LogP) is 2.75. The van der Waals surface area contributed by atoms with E-state index in [2.05, 4.69) is 15.5 Å². The molecule has 156 valence electrons. The van der Waals surface area contributed by atoms with Gasteiger partial charge in [0.2, 0.25) is 5.91 Å². The molecule has 1 amide bonds. The van der Waals surface area contributed by atoms with Crippen LogP contribution in [0.25, 0.3) is 16.5 Å². The van der Waals surface area contributed by atoms with Gasteiger partial charge in [0.05, 0.1) is 27.4 Å². The number of hydrogen-bond acceptors (Lipinski definition) is 6. The Kier molecular flexibility index (Phi) is 5.04. The molecule has 0 unspecified atom stereocenters. The first-order chi connectivity index (χ1) is 14.8. The average Bonchev–Trinajstić information content (AvgIpc) is 3.11. The lowest BCUT2D eigenvalue weighted by molar-refractivity contribution is -0.384. The summed E-state index contributed by atoms with van der Waals surface area (Å²) >= 11 is 0. The molecule has 4 rings (SSSR count). The summed E-state index contributed by atoms with van der Waals surface area (Å²) in [5.74, 6) is -0.0748. The van der Waals surface area contributed by atoms with E-state index >= 15 is 0 Å². The van der Waals surface area contributed by atoms with E-state index in [0.717, 1.165) is 10.1 Å². The van der Waals surface area contributed by atoms with Crippen LogP contribution in [0.5, 0.6) is 0 Å². The summed E-state index contributed by atoms with van der Waals surface area (Å²) in [5.41, 5.74) is 1.44. The minimum absolute atomic E-state index is 0.0460. The SMILES string of the molecule is Cc1cc(NC(=O)Cn2nc(C)c3ccccc3c2=O)n(-c2ccc([N+](=O)[O-])cc2)n1. The smallest absolute Gasteiger partial charge is 0.275 e. The number of nitro groups is 1. The quantitative estimate of drug-likeness (QED) is 0.392. The number of carbonyl (C=O) groups excluding carboxylic acids is 1. The summed E-state index contributed by atoms with van der Waals surface area (Å²) in [4.78, 5) is 35.7. The van der Waals surface area contributed by atoms with Crippen LogP contribution in [0.1, 0.15) is 11.4 Å². The number of non-ortho nitro benzene ring substituents is 1. The van der Waals surface area contributed by atoms with Crippen LogP contribution < -0.4 is 10.9 Å². The van der Waals surface area contributed by atoms with Crippen molar-refractivity contribution in [2.24, 2.45) is 0 Å². The molecule has 0 aliphatic rings. The lowest BCUT2D eigenvalue weighted by Crippen LogP contribution is -2.30. The summed E-state index contributed by atoms with van der Waals surface area (Å²) in [6.07, 6.45) is 0. The molecule has 2 aromatic heterocycles. The molecular weight excluding hydrogens is 400 g/mol. The van der Waals surface area contributed by atoms with Crippen LogP contribution in [-0.4, -0.2) is 30.4 Å². The highest BCUT2D eigenvalue weighted by Crippen LogP contribution is 2.20. The Morgan fingerprint density at radius 3 is 2.42 bits per heavy atom. The summed E-state index contributed by atoms with van der Waals surface area (Å²) in [6, 6.07) is 14.6. The number of aryl methyl sites for hydroxylation is 2. The van der Waals surface area contributed by atoms with Gasteiger partial charge in [-0.3, -0.25) is 19.7 Å². The van der Waals surface area contributed by atoms with E-state index in [4.69, 9.17) is 0 Å². The lowest BCUT2D eigenvalue weighted by atomic mass is 10.1. The van der Waals surface area contributed by atoms with Crippen molar-refractivity contribution in [3.8, 4) is 5.69 Å². The van der Waals surface area contributed by atoms with Gasteiger partial charge in [-0.2, -0.15) is 10.2 Å². The molecule has 0 saturated heterocycles. The maximum atomic E-state index is 12.7. The largest absolute Gasteiger partial charge is 0.309 e. The number of nitrogens with zero attached hydrogens (tertiary/aromatic N) is 5. The van der Waals surface area contributed by atoms with Gasteiger partial charge in [0, 0.05) is 23.6 Å². The van der Waals surface area contributed by atoms with Gasteiger partial charge in [0.15, 0.2) is 0 Å². The molecule has 10 nitrogen and oxygen atoms in total. The fourth-order valence-electron chi connectivity index (χ4n) is 3.33. The van der Waals surface area contributed by atoms with Crippen molar-refractivity contribution in [2.75, 3.05) is 5.32 Å². The minimum Gasteiger partial charge on any atom is -0.309 e. The molecule has 0 atom stereocenters. The van der Waals surface area contributed by atoms with Crippen LogP contribution >= 0.6 is 0 Å². The van der Waals surface area contributed by atoms with E-state index in [1.807, 2.05) is 12.1 Å². The molecule has 0 radical (unpaired) electrons. The molecule has 0 aliphatic heterocycles. The van der Waals surface area contributed by atoms with Crippen LogP contribution in [-0.2, 0) is 11.3 Å². The van der Waals surface area contributed by atoms with Gasteiger partial charge in [-0.05, 0) is 32.0 Å². The van der Waals surface area contributed by atoms with E-state index in [1.54, 1.807) is 44.2 Å². The number of anilines is 1. The van der Waals surface area contributed by atoms with E-state index in [0.29, 0.717) is 28.3 Å². The van der Waals surface area contributed by atoms with Crippen molar-refractivity contribution in [1.29, 1.82) is 0 Å². The Balaban J connectivity index is 1.60. The zero-order chi connectivity index (χ0) is 22.1. The van der Waals surface area contributed by atoms with Crippen LogP contribution in [0.15, 0.2) is 59.4 Å². The Labute approximate surface area is 175 Å². The van der Waals surface area contributed by atoms with Crippen LogP contribution in [0.3, 0.4) is 0 Å². The van der Waals surface area contributed by atoms with E-state index in [-0.39, 0.29) is 17.8 Å². The lowest BCUT2D eigenvalue weighted by Gasteiger charge is -2.11. The third-order valence-electron chi connectivity index (χ3n) is 4.75.